The molecule has 1 aliphatic carbocycles. The average molecular weight is 409 g/mol. The zero-order valence-corrected chi connectivity index (χ0v) is 17.9. The first-order chi connectivity index (χ1) is 14.5. The zero-order valence-electron chi connectivity index (χ0n) is 17.9. The minimum absolute atomic E-state index is 0.0410. The van der Waals surface area contributed by atoms with Crippen LogP contribution in [0.25, 0.3) is 0 Å². The van der Waals surface area contributed by atoms with Crippen molar-refractivity contribution >= 4 is 17.5 Å². The Labute approximate surface area is 179 Å². The lowest BCUT2D eigenvalue weighted by Crippen LogP contribution is -2.43. The Morgan fingerprint density at radius 3 is 2.37 bits per heavy atom. The maximum atomic E-state index is 12.2. The van der Waals surface area contributed by atoms with Gasteiger partial charge in [-0.1, -0.05) is 57.0 Å². The molecule has 1 aliphatic rings. The van der Waals surface area contributed by atoms with E-state index < -0.39 is 0 Å². The number of ether oxygens (including phenoxy) is 1. The van der Waals surface area contributed by atoms with Crippen molar-refractivity contribution in [3.05, 3.63) is 60.2 Å². The highest BCUT2D eigenvalue weighted by molar-refractivity contribution is 5.93. The summed E-state index contributed by atoms with van der Waals surface area (Å²) in [6.07, 6.45) is 3.80. The van der Waals surface area contributed by atoms with E-state index in [4.69, 9.17) is 4.74 Å². The van der Waals surface area contributed by atoms with Gasteiger partial charge in [-0.3, -0.25) is 9.59 Å². The third kappa shape index (κ3) is 6.61. The predicted molar refractivity (Wildman–Crippen MR) is 119 cm³/mol. The number of hydrogen-bond acceptors (Lipinski definition) is 3. The fraction of sp³-hybridized carbons (Fsp3) is 0.440. The summed E-state index contributed by atoms with van der Waals surface area (Å²) < 4.78 is 5.75. The van der Waals surface area contributed by atoms with Crippen molar-refractivity contribution in [3.63, 3.8) is 0 Å². The van der Waals surface area contributed by atoms with Crippen LogP contribution < -0.4 is 15.4 Å². The molecule has 3 rings (SSSR count). The first-order valence-electron chi connectivity index (χ1n) is 10.9. The van der Waals surface area contributed by atoms with Gasteiger partial charge in [0.15, 0.2) is 0 Å². The SMILES string of the molecule is CC1CCCC(NC(=O)CCC(=O)Nc2ccc(OCc3ccccc3)cc2)C1C. The molecule has 1 saturated carbocycles. The second-order valence-corrected chi connectivity index (χ2v) is 8.29. The third-order valence-corrected chi connectivity index (χ3v) is 6.02. The average Bonchev–Trinajstić information content (AvgIpc) is 2.76. The highest BCUT2D eigenvalue weighted by Gasteiger charge is 2.28. The van der Waals surface area contributed by atoms with Crippen molar-refractivity contribution in [3.8, 4) is 5.75 Å². The number of rotatable bonds is 8. The van der Waals surface area contributed by atoms with Crippen molar-refractivity contribution in [1.29, 1.82) is 0 Å². The van der Waals surface area contributed by atoms with Crippen LogP contribution in [-0.2, 0) is 16.2 Å². The summed E-state index contributed by atoms with van der Waals surface area (Å²) in [6, 6.07) is 17.5. The van der Waals surface area contributed by atoms with Crippen LogP contribution in [0.5, 0.6) is 5.75 Å². The van der Waals surface area contributed by atoms with E-state index in [2.05, 4.69) is 24.5 Å². The minimum Gasteiger partial charge on any atom is -0.489 e. The van der Waals surface area contributed by atoms with Crippen molar-refractivity contribution in [2.24, 2.45) is 11.8 Å². The molecule has 0 radical (unpaired) electrons. The largest absolute Gasteiger partial charge is 0.489 e. The Bertz CT molecular complexity index is 820. The lowest BCUT2D eigenvalue weighted by Gasteiger charge is -2.34. The molecule has 3 atom stereocenters. The molecule has 0 heterocycles. The Balaban J connectivity index is 1.38. The number of carbonyl (C=O) groups excluding carboxylic acids is 2. The van der Waals surface area contributed by atoms with E-state index in [-0.39, 0.29) is 30.7 Å². The Hall–Kier alpha value is -2.82. The third-order valence-electron chi connectivity index (χ3n) is 6.02. The number of carbonyl (C=O) groups is 2. The van der Waals surface area contributed by atoms with Gasteiger partial charge in [0.2, 0.25) is 11.8 Å². The number of benzene rings is 2. The monoisotopic (exact) mass is 408 g/mol. The summed E-state index contributed by atoms with van der Waals surface area (Å²) in [4.78, 5) is 24.4. The van der Waals surface area contributed by atoms with E-state index in [0.29, 0.717) is 24.1 Å². The molecule has 0 aromatic heterocycles. The fourth-order valence-electron chi connectivity index (χ4n) is 3.89. The molecule has 0 saturated heterocycles. The summed E-state index contributed by atoms with van der Waals surface area (Å²) in [5, 5.41) is 5.96. The minimum atomic E-state index is -0.159. The molecule has 0 bridgehead atoms. The van der Waals surface area contributed by atoms with Crippen LogP contribution in [0, 0.1) is 11.8 Å². The molecular formula is C25H32N2O3. The summed E-state index contributed by atoms with van der Waals surface area (Å²) >= 11 is 0. The van der Waals surface area contributed by atoms with Crippen molar-refractivity contribution < 1.29 is 14.3 Å². The Morgan fingerprint density at radius 2 is 1.63 bits per heavy atom. The normalized spacial score (nSPS) is 20.9. The maximum absolute atomic E-state index is 12.2. The molecule has 2 aromatic rings. The number of hydrogen-bond donors (Lipinski definition) is 2. The lowest BCUT2D eigenvalue weighted by atomic mass is 9.78. The molecule has 2 amide bonds. The molecule has 160 valence electrons. The van der Waals surface area contributed by atoms with Crippen LogP contribution in [0.1, 0.15) is 51.5 Å². The van der Waals surface area contributed by atoms with Gasteiger partial charge in [0.1, 0.15) is 12.4 Å². The molecule has 2 aromatic carbocycles. The van der Waals surface area contributed by atoms with Gasteiger partial charge in [0, 0.05) is 24.6 Å². The quantitative estimate of drug-likeness (QED) is 0.651. The molecule has 2 N–H and O–H groups in total. The van der Waals surface area contributed by atoms with E-state index >= 15 is 0 Å². The van der Waals surface area contributed by atoms with Gasteiger partial charge in [-0.15, -0.1) is 0 Å². The molecule has 30 heavy (non-hydrogen) atoms. The first-order valence-corrected chi connectivity index (χ1v) is 10.9. The summed E-state index contributed by atoms with van der Waals surface area (Å²) in [5.74, 6) is 1.66. The summed E-state index contributed by atoms with van der Waals surface area (Å²) in [7, 11) is 0. The van der Waals surface area contributed by atoms with E-state index in [1.165, 1.54) is 6.42 Å². The van der Waals surface area contributed by atoms with E-state index in [0.717, 1.165) is 24.2 Å². The first kappa shape index (κ1) is 21.9. The van der Waals surface area contributed by atoms with E-state index in [9.17, 15) is 9.59 Å². The van der Waals surface area contributed by atoms with E-state index in [1.54, 1.807) is 0 Å². The lowest BCUT2D eigenvalue weighted by molar-refractivity contribution is -0.125. The molecular weight excluding hydrogens is 376 g/mol. The van der Waals surface area contributed by atoms with Crippen LogP contribution in [0.15, 0.2) is 54.6 Å². The highest BCUT2D eigenvalue weighted by Crippen LogP contribution is 2.29. The predicted octanol–water partition coefficient (Wildman–Crippen LogP) is 4.93. The number of anilines is 1. The van der Waals surface area contributed by atoms with Crippen LogP contribution in [0.2, 0.25) is 0 Å². The van der Waals surface area contributed by atoms with Gasteiger partial charge in [-0.25, -0.2) is 0 Å². The molecule has 3 unspecified atom stereocenters. The molecule has 5 heteroatoms. The molecule has 0 spiro atoms. The highest BCUT2D eigenvalue weighted by atomic mass is 16.5. The second kappa shape index (κ2) is 10.8. The Morgan fingerprint density at radius 1 is 0.933 bits per heavy atom. The zero-order chi connectivity index (χ0) is 21.3. The molecule has 0 aliphatic heterocycles. The van der Waals surface area contributed by atoms with Gasteiger partial charge in [0.25, 0.3) is 0 Å². The smallest absolute Gasteiger partial charge is 0.224 e. The van der Waals surface area contributed by atoms with Gasteiger partial charge >= 0.3 is 0 Å². The van der Waals surface area contributed by atoms with Gasteiger partial charge in [-0.05, 0) is 48.1 Å². The van der Waals surface area contributed by atoms with Gasteiger partial charge in [0.05, 0.1) is 0 Å². The number of nitrogens with one attached hydrogen (secondary N) is 2. The fourth-order valence-corrected chi connectivity index (χ4v) is 3.89. The van der Waals surface area contributed by atoms with Crippen LogP contribution in [0.4, 0.5) is 5.69 Å². The number of amides is 2. The summed E-state index contributed by atoms with van der Waals surface area (Å²) in [5.41, 5.74) is 1.80. The van der Waals surface area contributed by atoms with E-state index in [1.807, 2.05) is 54.6 Å². The van der Waals surface area contributed by atoms with Gasteiger partial charge in [-0.2, -0.15) is 0 Å². The van der Waals surface area contributed by atoms with Crippen LogP contribution in [0.3, 0.4) is 0 Å². The second-order valence-electron chi connectivity index (χ2n) is 8.29. The van der Waals surface area contributed by atoms with Crippen LogP contribution >= 0.6 is 0 Å². The molecule has 5 nitrogen and oxygen atoms in total. The topological polar surface area (TPSA) is 67.4 Å². The maximum Gasteiger partial charge on any atom is 0.224 e. The molecule has 1 fully saturated rings. The van der Waals surface area contributed by atoms with Gasteiger partial charge < -0.3 is 15.4 Å². The standard InChI is InChI=1S/C25H32N2O3/c1-18-7-6-10-23(19(18)2)27-25(29)16-15-24(28)26-21-11-13-22(14-12-21)30-17-20-8-4-3-5-9-20/h3-5,8-9,11-14,18-19,23H,6-7,10,15-17H2,1-2H3,(H,26,28)(H,27,29). The summed E-state index contributed by atoms with van der Waals surface area (Å²) in [6.45, 7) is 4.95. The Kier molecular flexibility index (Phi) is 7.89. The van der Waals surface area contributed by atoms with Crippen LogP contribution in [-0.4, -0.2) is 17.9 Å². The van der Waals surface area contributed by atoms with Crippen molar-refractivity contribution in [1.82, 2.24) is 5.32 Å². The van der Waals surface area contributed by atoms with Crippen molar-refractivity contribution in [2.75, 3.05) is 5.32 Å². The van der Waals surface area contributed by atoms with Crippen molar-refractivity contribution in [2.45, 2.75) is 58.6 Å².